The number of aryl methyl sites for hydroxylation is 4. The monoisotopic (exact) mass is 503 g/mol. The summed E-state index contributed by atoms with van der Waals surface area (Å²) < 4.78 is 0. The SMILES string of the molecule is Cc1ccc([N-]Cc2cccc(C[N-]c3ccc(C)cc3C)n2)c(C)c1.[Cl][Zr+2][Cl]. The summed E-state index contributed by atoms with van der Waals surface area (Å²) >= 11 is -0.826. The van der Waals surface area contributed by atoms with Crippen molar-refractivity contribution in [2.24, 2.45) is 0 Å². The zero-order valence-electron chi connectivity index (χ0n) is 17.2. The van der Waals surface area contributed by atoms with Gasteiger partial charge in [-0.1, -0.05) is 77.8 Å². The molecule has 29 heavy (non-hydrogen) atoms. The summed E-state index contributed by atoms with van der Waals surface area (Å²) in [4.78, 5) is 4.71. The van der Waals surface area contributed by atoms with Crippen LogP contribution in [-0.4, -0.2) is 4.98 Å². The van der Waals surface area contributed by atoms with Gasteiger partial charge in [0.15, 0.2) is 0 Å². The Kier molecular flexibility index (Phi) is 10.2. The van der Waals surface area contributed by atoms with Gasteiger partial charge in [-0.2, -0.15) is 0 Å². The number of benzene rings is 2. The molecule has 3 aromatic rings. The van der Waals surface area contributed by atoms with Crippen LogP contribution in [0.25, 0.3) is 10.6 Å². The molecular weight excluding hydrogens is 480 g/mol. The van der Waals surface area contributed by atoms with E-state index in [1.807, 2.05) is 18.2 Å². The van der Waals surface area contributed by atoms with Crippen LogP contribution in [0.1, 0.15) is 33.6 Å². The number of aromatic nitrogens is 1. The fourth-order valence-corrected chi connectivity index (χ4v) is 3.00. The first-order chi connectivity index (χ1) is 13.9. The van der Waals surface area contributed by atoms with Gasteiger partial charge in [0, 0.05) is 11.4 Å². The van der Waals surface area contributed by atoms with Crippen molar-refractivity contribution in [3.63, 3.8) is 0 Å². The topological polar surface area (TPSA) is 41.1 Å². The molecule has 3 rings (SSSR count). The summed E-state index contributed by atoms with van der Waals surface area (Å²) in [7, 11) is 9.87. The van der Waals surface area contributed by atoms with E-state index < -0.39 is 20.8 Å². The number of pyridine rings is 1. The molecule has 0 saturated heterocycles. The summed E-state index contributed by atoms with van der Waals surface area (Å²) in [6.07, 6.45) is 0. The molecule has 2 aromatic carbocycles. The van der Waals surface area contributed by atoms with Gasteiger partial charge in [-0.3, -0.25) is 4.98 Å². The van der Waals surface area contributed by atoms with E-state index in [4.69, 9.17) is 32.6 Å². The van der Waals surface area contributed by atoms with Crippen molar-refractivity contribution in [1.29, 1.82) is 0 Å². The van der Waals surface area contributed by atoms with Gasteiger partial charge in [0.1, 0.15) is 0 Å². The molecule has 0 atom stereocenters. The number of halogens is 2. The molecule has 1 heterocycles. The Morgan fingerprint density at radius 3 is 1.52 bits per heavy atom. The van der Waals surface area contributed by atoms with Gasteiger partial charge in [0.25, 0.3) is 0 Å². The first-order valence-corrected chi connectivity index (χ1v) is 15.7. The van der Waals surface area contributed by atoms with Gasteiger partial charge in [-0.25, -0.2) is 0 Å². The summed E-state index contributed by atoms with van der Waals surface area (Å²) in [6, 6.07) is 18.7. The number of hydrogen-bond acceptors (Lipinski definition) is 1. The molecule has 1 aromatic heterocycles. The molecule has 0 radical (unpaired) electrons. The summed E-state index contributed by atoms with van der Waals surface area (Å²) in [5, 5.41) is 9.41. The molecule has 0 fully saturated rings. The molecule has 3 nitrogen and oxygen atoms in total. The number of hydrogen-bond donors (Lipinski definition) is 0. The molecule has 0 saturated carbocycles. The number of nitrogens with zero attached hydrogens (tertiary/aromatic N) is 3. The molecule has 0 amide bonds. The quantitative estimate of drug-likeness (QED) is 0.334. The van der Waals surface area contributed by atoms with E-state index in [2.05, 4.69) is 64.1 Å². The van der Waals surface area contributed by atoms with Crippen LogP contribution in [0.3, 0.4) is 0 Å². The van der Waals surface area contributed by atoms with Gasteiger partial charge < -0.3 is 10.6 Å². The Morgan fingerprint density at radius 1 is 0.724 bits per heavy atom. The summed E-state index contributed by atoms with van der Waals surface area (Å²) in [5.74, 6) is 0. The second kappa shape index (κ2) is 12.4. The van der Waals surface area contributed by atoms with Crippen LogP contribution in [0, 0.1) is 27.7 Å². The van der Waals surface area contributed by atoms with Crippen molar-refractivity contribution >= 4 is 28.4 Å². The molecule has 6 heteroatoms. The molecule has 0 bridgehead atoms. The van der Waals surface area contributed by atoms with E-state index >= 15 is 0 Å². The van der Waals surface area contributed by atoms with Crippen LogP contribution in [0.15, 0.2) is 54.6 Å². The number of rotatable bonds is 6. The third kappa shape index (κ3) is 8.12. The maximum atomic E-state index is 4.93. The zero-order chi connectivity index (χ0) is 21.2. The van der Waals surface area contributed by atoms with Crippen molar-refractivity contribution in [2.75, 3.05) is 0 Å². The first kappa shape index (κ1) is 23.9. The molecule has 150 valence electrons. The van der Waals surface area contributed by atoms with Crippen LogP contribution in [0.2, 0.25) is 0 Å². The van der Waals surface area contributed by atoms with Crippen molar-refractivity contribution in [1.82, 2.24) is 4.98 Å². The molecule has 0 N–H and O–H groups in total. The van der Waals surface area contributed by atoms with Crippen LogP contribution in [0.5, 0.6) is 0 Å². The van der Waals surface area contributed by atoms with Crippen LogP contribution in [0.4, 0.5) is 11.4 Å². The Hall–Kier alpha value is -1.35. The average molecular weight is 506 g/mol. The first-order valence-electron chi connectivity index (χ1n) is 9.33. The third-order valence-electron chi connectivity index (χ3n) is 4.39. The average Bonchev–Trinajstić information content (AvgIpc) is 2.68. The van der Waals surface area contributed by atoms with E-state index in [-0.39, 0.29) is 0 Å². The van der Waals surface area contributed by atoms with E-state index in [1.165, 1.54) is 22.3 Å². The fraction of sp³-hybridized carbons (Fsp3) is 0.261. The summed E-state index contributed by atoms with van der Waals surface area (Å²) in [6.45, 7) is 9.56. The Morgan fingerprint density at radius 2 is 1.14 bits per heavy atom. The van der Waals surface area contributed by atoms with Gasteiger partial charge in [0.05, 0.1) is 0 Å². The minimum atomic E-state index is -0.826. The second-order valence-electron chi connectivity index (χ2n) is 6.90. The molecular formula is C23H25Cl2N3Zr. The van der Waals surface area contributed by atoms with Crippen LogP contribution < -0.4 is 0 Å². The van der Waals surface area contributed by atoms with Crippen molar-refractivity contribution in [3.05, 3.63) is 98.9 Å². The predicted octanol–water partition coefficient (Wildman–Crippen LogP) is 8.10. The van der Waals surface area contributed by atoms with Crippen molar-refractivity contribution in [3.8, 4) is 0 Å². The predicted molar refractivity (Wildman–Crippen MR) is 121 cm³/mol. The van der Waals surface area contributed by atoms with Gasteiger partial charge in [-0.15, -0.1) is 11.4 Å². The van der Waals surface area contributed by atoms with E-state index in [0.29, 0.717) is 13.1 Å². The summed E-state index contributed by atoms with van der Waals surface area (Å²) in [5.41, 5.74) is 8.92. The zero-order valence-corrected chi connectivity index (χ0v) is 21.2. The van der Waals surface area contributed by atoms with Gasteiger partial charge in [0.2, 0.25) is 0 Å². The van der Waals surface area contributed by atoms with Gasteiger partial charge in [-0.05, 0) is 39.8 Å². The normalized spacial score (nSPS) is 9.86. The standard InChI is InChI=1S/C23H25N3.2ClH.Zr/c1-16-8-10-22(18(3)12-16)24-14-20-6-5-7-21(26-20)15-25-23-11-9-17(2)13-19(23)4;;;/h5-13H,14-15H2,1-4H3;2*1H;/q-2;;;+4/p-2. The third-order valence-corrected chi connectivity index (χ3v) is 4.39. The van der Waals surface area contributed by atoms with Crippen LogP contribution in [-0.2, 0) is 33.9 Å². The fourth-order valence-electron chi connectivity index (χ4n) is 3.00. The Balaban J connectivity index is 0.000000941. The molecule has 0 unspecified atom stereocenters. The Bertz CT molecular complexity index is 861. The van der Waals surface area contributed by atoms with Crippen LogP contribution >= 0.6 is 17.0 Å². The molecule has 0 aliphatic heterocycles. The maximum absolute atomic E-state index is 4.93. The van der Waals surface area contributed by atoms with Crippen molar-refractivity contribution < 1.29 is 20.8 Å². The minimum absolute atomic E-state index is 0.585. The molecule has 0 spiro atoms. The van der Waals surface area contributed by atoms with Crippen molar-refractivity contribution in [2.45, 2.75) is 40.8 Å². The molecule has 0 aliphatic rings. The van der Waals surface area contributed by atoms with Gasteiger partial charge >= 0.3 is 37.9 Å². The molecule has 0 aliphatic carbocycles. The van der Waals surface area contributed by atoms with E-state index in [0.717, 1.165) is 22.8 Å². The van der Waals surface area contributed by atoms with E-state index in [1.54, 1.807) is 0 Å². The van der Waals surface area contributed by atoms with E-state index in [9.17, 15) is 0 Å². The second-order valence-corrected chi connectivity index (χ2v) is 10.6. The Labute approximate surface area is 192 Å².